The van der Waals surface area contributed by atoms with Crippen LogP contribution in [0.3, 0.4) is 0 Å². The van der Waals surface area contributed by atoms with E-state index in [0.717, 1.165) is 42.3 Å². The van der Waals surface area contributed by atoms with Crippen LogP contribution < -0.4 is 21.9 Å². The van der Waals surface area contributed by atoms with Crippen LogP contribution in [0.1, 0.15) is 253 Å². The van der Waals surface area contributed by atoms with Gasteiger partial charge in [-0.1, -0.05) is 153 Å². The van der Waals surface area contributed by atoms with E-state index in [2.05, 4.69) is 91.8 Å². The predicted octanol–water partition coefficient (Wildman–Crippen LogP) is 19.1. The average molecular weight is 2120 g/mol. The van der Waals surface area contributed by atoms with Crippen LogP contribution in [-0.4, -0.2) is 113 Å². The summed E-state index contributed by atoms with van der Waals surface area (Å²) in [4.78, 5) is 84.4. The monoisotopic (exact) mass is 2120 g/mol. The Labute approximate surface area is 752 Å². The SMILES string of the molecule is CC(=O)O[C@H](C)c1ccccc1-c1ccc(C(=O)OC(C)(C)C)c(C)c1.CC(=O)O[C@H](C)c1ccccc1Br.C[C@@H](O)c1ccccc1Br.Cc1cc(B(O)O)ccc1C(=O)OC(C)(C)C.Cc1cc(B2OB(c3ccc(C(=O)OC(C)(C)C)c(C)c3)OB(c3ccc(C(=O)OC(C)(C)C)c(C)c3)O2)ccc1C(=O)OC(C)(C)C.[I][V]([I])[I]. The molecule has 3 N–H and O–H groups in total. The standard InChI is InChI=1S/C36H45B3O9.C22H26O4.C12H17BO4.C10H11BrO2.C8H9BrO.3HI.V/c1-22-19-25(13-16-28(22)31(40)43-34(4,5)6)37-46-38(26-14-17-29(23(2)20-26)32(41)44-35(7,8)9)48-39(47-37)27-15-18-30(24(3)21-27)33(42)45-36(10,11)12;1-14-13-17(11-12-18(14)21(24)26-22(4,5)6)20-10-8-7-9-19(20)15(2)25-16(3)23;1-8-7-9(13(15)16)5-6-10(8)11(14)17-12(2,3)4;1-7(13-8(2)12)9-5-3-4-6-10(9)11;1-6(10)7-4-2-3-5-8(7)9;;;;/h13-21H,1-12H3;7-13,15H,1-6H3;5-7,15-16H,1-4H3;3-7H,1-2H3;2-6,10H,1H3;3*1H;/q;;;;;;;;+3/p-3/t;15-;;7-;6-;;;;/m.1.11..../s1. The molecule has 1 aliphatic heterocycles. The van der Waals surface area contributed by atoms with E-state index in [9.17, 15) is 38.7 Å². The minimum absolute atomic E-state index is 0.201. The van der Waals surface area contributed by atoms with Crippen molar-refractivity contribution in [1.82, 2.24) is 0 Å². The minimum atomic E-state index is -1.53. The molecule has 0 radical (unpaired) electrons. The average Bonchev–Trinajstić information content (AvgIpc) is 0.802. The maximum absolute atomic E-state index is 12.8. The van der Waals surface area contributed by atoms with Crippen molar-refractivity contribution in [2.45, 2.75) is 219 Å². The Morgan fingerprint density at radius 1 is 0.390 bits per heavy atom. The van der Waals surface area contributed by atoms with Crippen LogP contribution in [0, 0.1) is 34.6 Å². The van der Waals surface area contributed by atoms with Crippen molar-refractivity contribution in [1.29, 1.82) is 0 Å². The Balaban J connectivity index is 0.000000347. The van der Waals surface area contributed by atoms with Crippen LogP contribution in [0.5, 0.6) is 0 Å². The first-order valence-corrected chi connectivity index (χ1v) is 53.0. The van der Waals surface area contributed by atoms with Gasteiger partial charge in [-0.05, 0) is 274 Å². The number of ether oxygens (including phenoxy) is 7. The van der Waals surface area contributed by atoms with E-state index in [1.54, 1.807) is 83.1 Å². The summed E-state index contributed by atoms with van der Waals surface area (Å²) in [6.45, 7) is 44.7. The van der Waals surface area contributed by atoms with E-state index < -0.39 is 86.5 Å². The summed E-state index contributed by atoms with van der Waals surface area (Å²) in [6, 6.07) is 49.3. The van der Waals surface area contributed by atoms with Gasteiger partial charge in [0, 0.05) is 28.4 Å². The third-order valence-corrected chi connectivity index (χ3v) is 17.7. The quantitative estimate of drug-likeness (QED) is 0.0372. The summed E-state index contributed by atoms with van der Waals surface area (Å²) >= 11 is 14.1. The van der Waals surface area contributed by atoms with Crippen molar-refractivity contribution in [3.8, 4) is 11.1 Å². The fourth-order valence-corrected chi connectivity index (χ4v) is 12.5. The molecule has 632 valence electrons. The number of rotatable bonds is 15. The molecule has 0 spiro atoms. The van der Waals surface area contributed by atoms with Gasteiger partial charge in [-0.25, -0.2) is 24.0 Å². The van der Waals surface area contributed by atoms with Gasteiger partial charge in [0.15, 0.2) is 0 Å². The molecule has 1 fully saturated rings. The second kappa shape index (κ2) is 46.9. The van der Waals surface area contributed by atoms with Crippen LogP contribution in [0.2, 0.25) is 0 Å². The topological polar surface area (TPSA) is 272 Å². The molecule has 8 aromatic carbocycles. The van der Waals surface area contributed by atoms with Gasteiger partial charge < -0.3 is 62.0 Å². The molecule has 20 nitrogen and oxygen atoms in total. The van der Waals surface area contributed by atoms with Crippen LogP contribution >= 0.6 is 91.8 Å². The number of benzene rings is 8. The van der Waals surface area contributed by atoms with Gasteiger partial charge >= 0.3 is 135 Å². The van der Waals surface area contributed by atoms with Gasteiger partial charge in [-0.15, -0.1) is 0 Å². The molecular formula is C88H108B4Br2I3O20V. The number of hydrogen-bond acceptors (Lipinski definition) is 20. The summed E-state index contributed by atoms with van der Waals surface area (Å²) in [5.41, 5.74) is 10.1. The van der Waals surface area contributed by atoms with Gasteiger partial charge in [0.25, 0.3) is 0 Å². The summed E-state index contributed by atoms with van der Waals surface area (Å²) in [6.07, 6.45) is -0.946. The number of aliphatic hydroxyl groups is 1. The van der Waals surface area contributed by atoms with Crippen LogP contribution in [0.25, 0.3) is 11.1 Å². The molecule has 30 heteroatoms. The van der Waals surface area contributed by atoms with Gasteiger partial charge in [-0.3, -0.25) is 9.59 Å². The van der Waals surface area contributed by atoms with Gasteiger partial charge in [0.2, 0.25) is 0 Å². The Hall–Kier alpha value is -6.20. The van der Waals surface area contributed by atoms with E-state index in [4.69, 9.17) is 56.9 Å². The number of halogens is 5. The van der Waals surface area contributed by atoms with Gasteiger partial charge in [0.05, 0.1) is 33.9 Å². The molecule has 0 bridgehead atoms. The summed E-state index contributed by atoms with van der Waals surface area (Å²) in [7, 11) is -4.20. The Morgan fingerprint density at radius 3 is 0.915 bits per heavy atom. The van der Waals surface area contributed by atoms with E-state index >= 15 is 0 Å². The number of carbonyl (C=O) groups is 7. The molecule has 9 rings (SSSR count). The van der Waals surface area contributed by atoms with E-state index in [-0.39, 0.29) is 35.0 Å². The number of hydrogen-bond donors (Lipinski definition) is 3. The molecule has 0 aromatic heterocycles. The number of carbonyl (C=O) groups excluding carboxylic acids is 7. The summed E-state index contributed by atoms with van der Waals surface area (Å²) in [5, 5.41) is 27.2. The van der Waals surface area contributed by atoms with Crippen molar-refractivity contribution in [2.75, 3.05) is 0 Å². The van der Waals surface area contributed by atoms with Crippen LogP contribution in [0.15, 0.2) is 173 Å². The fraction of sp³-hybridized carbons (Fsp3) is 0.375. The zero-order valence-electron chi connectivity index (χ0n) is 71.7. The van der Waals surface area contributed by atoms with Crippen LogP contribution in [0.4, 0.5) is 0 Å². The van der Waals surface area contributed by atoms with E-state index in [1.807, 2.05) is 228 Å². The van der Waals surface area contributed by atoms with Gasteiger partial charge in [0.1, 0.15) is 40.2 Å². The molecule has 0 aliphatic carbocycles. The first-order valence-electron chi connectivity index (χ1n) is 37.8. The normalized spacial score (nSPS) is 12.8. The van der Waals surface area contributed by atoms with Crippen molar-refractivity contribution in [3.05, 3.63) is 245 Å². The van der Waals surface area contributed by atoms with E-state index in [1.165, 1.54) is 26.0 Å². The number of aliphatic hydroxyl groups excluding tert-OH is 1. The van der Waals surface area contributed by atoms with Gasteiger partial charge in [-0.2, -0.15) is 0 Å². The summed E-state index contributed by atoms with van der Waals surface area (Å²) in [5.74, 6) is -2.57. The van der Waals surface area contributed by atoms with Crippen molar-refractivity contribution >= 4 is 184 Å². The zero-order valence-corrected chi connectivity index (χ0v) is 82.8. The van der Waals surface area contributed by atoms with Crippen molar-refractivity contribution < 1.29 is 101 Å². The first-order chi connectivity index (χ1) is 54.4. The van der Waals surface area contributed by atoms with Crippen LogP contribution in [-0.2, 0) is 61.4 Å². The molecule has 118 heavy (non-hydrogen) atoms. The molecule has 1 saturated heterocycles. The Bertz CT molecular complexity index is 4560. The fourth-order valence-electron chi connectivity index (χ4n) is 11.3. The van der Waals surface area contributed by atoms with Crippen molar-refractivity contribution in [2.24, 2.45) is 0 Å². The molecule has 1 aliphatic rings. The molecule has 8 aromatic rings. The maximum atomic E-state index is 12.8. The second-order valence-electron chi connectivity index (χ2n) is 32.6. The molecule has 0 amide bonds. The number of esters is 7. The number of aryl methyl sites for hydroxylation is 5. The summed E-state index contributed by atoms with van der Waals surface area (Å²) < 4.78 is 58.9. The molecular weight excluding hydrogens is 2010 g/mol. The second-order valence-corrected chi connectivity index (χ2v) is 69.7. The third-order valence-electron chi connectivity index (χ3n) is 16.3. The van der Waals surface area contributed by atoms with Crippen molar-refractivity contribution in [3.63, 3.8) is 0 Å². The zero-order chi connectivity index (χ0) is 89.4. The molecule has 3 atom stereocenters. The predicted molar refractivity (Wildman–Crippen MR) is 498 cm³/mol. The first kappa shape index (κ1) is 104. The third kappa shape index (κ3) is 36.5. The molecule has 0 unspecified atom stereocenters. The van der Waals surface area contributed by atoms with E-state index in [0.29, 0.717) is 71.9 Å². The molecule has 0 saturated carbocycles. The molecule has 1 heterocycles. The Kier molecular flexibility index (Phi) is 41.4. The Morgan fingerprint density at radius 2 is 0.653 bits per heavy atom.